The zero-order chi connectivity index (χ0) is 15.5. The number of methoxy groups -OCH3 is 1. The lowest BCUT2D eigenvalue weighted by atomic mass is 10.1. The summed E-state index contributed by atoms with van der Waals surface area (Å²) in [5.41, 5.74) is 2.10. The van der Waals surface area contributed by atoms with Crippen molar-refractivity contribution in [2.75, 3.05) is 12.4 Å². The number of anilines is 1. The molecule has 0 saturated heterocycles. The first-order valence-electron chi connectivity index (χ1n) is 6.45. The maximum Gasteiger partial charge on any atom is 0.416 e. The summed E-state index contributed by atoms with van der Waals surface area (Å²) >= 11 is 0. The minimum Gasteiger partial charge on any atom is -0.497 e. The van der Waals surface area contributed by atoms with E-state index in [1.165, 1.54) is 12.1 Å². The molecular weight excluding hydrogens is 279 g/mol. The van der Waals surface area contributed by atoms with Crippen LogP contribution in [0.5, 0.6) is 5.75 Å². The molecule has 0 aromatic heterocycles. The maximum absolute atomic E-state index is 12.5. The molecule has 0 fully saturated rings. The minimum atomic E-state index is -4.29. The van der Waals surface area contributed by atoms with E-state index in [9.17, 15) is 13.2 Å². The number of hydrogen-bond acceptors (Lipinski definition) is 2. The van der Waals surface area contributed by atoms with Crippen molar-refractivity contribution in [2.24, 2.45) is 0 Å². The predicted molar refractivity (Wildman–Crippen MR) is 76.5 cm³/mol. The number of aryl methyl sites for hydroxylation is 1. The number of benzene rings is 2. The van der Waals surface area contributed by atoms with Gasteiger partial charge in [0, 0.05) is 12.2 Å². The van der Waals surface area contributed by atoms with E-state index in [2.05, 4.69) is 5.32 Å². The Morgan fingerprint density at radius 2 is 1.71 bits per heavy atom. The van der Waals surface area contributed by atoms with E-state index >= 15 is 0 Å². The van der Waals surface area contributed by atoms with Gasteiger partial charge >= 0.3 is 6.18 Å². The minimum absolute atomic E-state index is 0.464. The lowest BCUT2D eigenvalue weighted by molar-refractivity contribution is -0.137. The van der Waals surface area contributed by atoms with Gasteiger partial charge in [-0.2, -0.15) is 13.2 Å². The summed E-state index contributed by atoms with van der Waals surface area (Å²) in [5, 5.41) is 3.20. The fourth-order valence-electron chi connectivity index (χ4n) is 1.97. The van der Waals surface area contributed by atoms with Crippen LogP contribution in [0, 0.1) is 6.92 Å². The first-order valence-corrected chi connectivity index (χ1v) is 6.45. The second-order valence-electron chi connectivity index (χ2n) is 4.73. The van der Waals surface area contributed by atoms with Crippen LogP contribution in [-0.4, -0.2) is 7.11 Å². The van der Waals surface area contributed by atoms with Crippen molar-refractivity contribution in [3.8, 4) is 5.75 Å². The predicted octanol–water partition coefficient (Wildman–Crippen LogP) is 4.63. The first-order chi connectivity index (χ1) is 9.90. The number of ether oxygens (including phenoxy) is 1. The zero-order valence-corrected chi connectivity index (χ0v) is 11.8. The molecule has 5 heteroatoms. The van der Waals surface area contributed by atoms with Crippen LogP contribution in [-0.2, 0) is 12.7 Å². The lowest BCUT2D eigenvalue weighted by Gasteiger charge is -2.12. The molecule has 1 N–H and O–H groups in total. The van der Waals surface area contributed by atoms with E-state index in [0.717, 1.165) is 34.7 Å². The first kappa shape index (κ1) is 15.2. The molecule has 0 amide bonds. The van der Waals surface area contributed by atoms with Crippen molar-refractivity contribution < 1.29 is 17.9 Å². The van der Waals surface area contributed by atoms with Gasteiger partial charge in [0.25, 0.3) is 0 Å². The molecule has 0 radical (unpaired) electrons. The Hall–Kier alpha value is -2.17. The van der Waals surface area contributed by atoms with Gasteiger partial charge in [0.15, 0.2) is 0 Å². The number of alkyl halides is 3. The molecule has 0 aliphatic carbocycles. The van der Waals surface area contributed by atoms with Gasteiger partial charge in [-0.25, -0.2) is 0 Å². The lowest BCUT2D eigenvalue weighted by Crippen LogP contribution is -2.06. The summed E-state index contributed by atoms with van der Waals surface area (Å²) in [5.74, 6) is 0.771. The Kier molecular flexibility index (Phi) is 4.40. The summed E-state index contributed by atoms with van der Waals surface area (Å²) in [4.78, 5) is 0. The molecule has 0 atom stereocenters. The summed E-state index contributed by atoms with van der Waals surface area (Å²) < 4.78 is 42.5. The highest BCUT2D eigenvalue weighted by Gasteiger charge is 2.29. The SMILES string of the molecule is COc1ccc(NCc2ccc(C(F)(F)F)cc2)c(C)c1. The van der Waals surface area contributed by atoms with E-state index < -0.39 is 11.7 Å². The monoisotopic (exact) mass is 295 g/mol. The van der Waals surface area contributed by atoms with Crippen molar-refractivity contribution in [3.05, 3.63) is 59.2 Å². The normalized spacial score (nSPS) is 11.3. The largest absolute Gasteiger partial charge is 0.497 e. The molecule has 0 aliphatic heterocycles. The number of rotatable bonds is 4. The van der Waals surface area contributed by atoms with Crippen LogP contribution in [0.2, 0.25) is 0 Å². The molecule has 0 heterocycles. The van der Waals surface area contributed by atoms with Gasteiger partial charge < -0.3 is 10.1 Å². The molecule has 0 saturated carbocycles. The molecule has 2 aromatic rings. The molecule has 2 rings (SSSR count). The molecule has 0 aliphatic rings. The Balaban J connectivity index is 2.03. The van der Waals surface area contributed by atoms with Gasteiger partial charge in [-0.15, -0.1) is 0 Å². The van der Waals surface area contributed by atoms with Crippen molar-refractivity contribution in [2.45, 2.75) is 19.6 Å². The third-order valence-electron chi connectivity index (χ3n) is 3.20. The van der Waals surface area contributed by atoms with Crippen molar-refractivity contribution >= 4 is 5.69 Å². The molecule has 0 unspecified atom stereocenters. The average Bonchev–Trinajstić information content (AvgIpc) is 2.45. The molecule has 2 aromatic carbocycles. The van der Waals surface area contributed by atoms with E-state index in [0.29, 0.717) is 6.54 Å². The quantitative estimate of drug-likeness (QED) is 0.887. The molecule has 2 nitrogen and oxygen atoms in total. The Labute approximate surface area is 121 Å². The molecular formula is C16H16F3NO. The second-order valence-corrected chi connectivity index (χ2v) is 4.73. The van der Waals surface area contributed by atoms with Crippen LogP contribution in [0.15, 0.2) is 42.5 Å². The zero-order valence-electron chi connectivity index (χ0n) is 11.8. The van der Waals surface area contributed by atoms with Crippen molar-refractivity contribution in [3.63, 3.8) is 0 Å². The van der Waals surface area contributed by atoms with Gasteiger partial charge in [-0.05, 0) is 48.4 Å². The fraction of sp³-hybridized carbons (Fsp3) is 0.250. The Morgan fingerprint density at radius 3 is 2.24 bits per heavy atom. The molecule has 21 heavy (non-hydrogen) atoms. The molecule has 0 bridgehead atoms. The van der Waals surface area contributed by atoms with E-state index in [1.807, 2.05) is 25.1 Å². The molecule has 112 valence electrons. The van der Waals surface area contributed by atoms with Gasteiger partial charge in [-0.1, -0.05) is 12.1 Å². The van der Waals surface area contributed by atoms with Crippen LogP contribution in [0.4, 0.5) is 18.9 Å². The van der Waals surface area contributed by atoms with Crippen LogP contribution < -0.4 is 10.1 Å². The van der Waals surface area contributed by atoms with Gasteiger partial charge in [0.05, 0.1) is 12.7 Å². The molecule has 0 spiro atoms. The van der Waals surface area contributed by atoms with E-state index in [1.54, 1.807) is 7.11 Å². The van der Waals surface area contributed by atoms with Crippen LogP contribution in [0.1, 0.15) is 16.7 Å². The summed E-state index contributed by atoms with van der Waals surface area (Å²) in [6, 6.07) is 10.8. The maximum atomic E-state index is 12.5. The third-order valence-corrected chi connectivity index (χ3v) is 3.20. The second kappa shape index (κ2) is 6.08. The van der Waals surface area contributed by atoms with Crippen molar-refractivity contribution in [1.82, 2.24) is 0 Å². The number of hydrogen-bond donors (Lipinski definition) is 1. The highest BCUT2D eigenvalue weighted by molar-refractivity contribution is 5.53. The summed E-state index contributed by atoms with van der Waals surface area (Å²) in [6.45, 7) is 2.41. The topological polar surface area (TPSA) is 21.3 Å². The summed E-state index contributed by atoms with van der Waals surface area (Å²) in [7, 11) is 1.60. The van der Waals surface area contributed by atoms with Crippen molar-refractivity contribution in [1.29, 1.82) is 0 Å². The van der Waals surface area contributed by atoms with Crippen LogP contribution in [0.25, 0.3) is 0 Å². The van der Waals surface area contributed by atoms with Gasteiger partial charge in [-0.3, -0.25) is 0 Å². The standard InChI is InChI=1S/C16H16F3NO/c1-11-9-14(21-2)7-8-15(11)20-10-12-3-5-13(6-4-12)16(17,18)19/h3-9,20H,10H2,1-2H3. The Morgan fingerprint density at radius 1 is 1.05 bits per heavy atom. The van der Waals surface area contributed by atoms with E-state index in [4.69, 9.17) is 4.74 Å². The van der Waals surface area contributed by atoms with Crippen LogP contribution >= 0.6 is 0 Å². The highest BCUT2D eigenvalue weighted by Crippen LogP contribution is 2.29. The third kappa shape index (κ3) is 3.90. The van der Waals surface area contributed by atoms with Gasteiger partial charge in [0.1, 0.15) is 5.75 Å². The van der Waals surface area contributed by atoms with Crippen LogP contribution in [0.3, 0.4) is 0 Å². The number of nitrogens with one attached hydrogen (secondary N) is 1. The van der Waals surface area contributed by atoms with E-state index in [-0.39, 0.29) is 0 Å². The Bertz CT molecular complexity index is 606. The van der Waals surface area contributed by atoms with Gasteiger partial charge in [0.2, 0.25) is 0 Å². The number of halogens is 3. The fourth-order valence-corrected chi connectivity index (χ4v) is 1.97. The highest BCUT2D eigenvalue weighted by atomic mass is 19.4. The average molecular weight is 295 g/mol. The smallest absolute Gasteiger partial charge is 0.416 e. The summed E-state index contributed by atoms with van der Waals surface area (Å²) in [6.07, 6.45) is -4.29.